The third kappa shape index (κ3) is 5.43. The Morgan fingerprint density at radius 2 is 1.71 bits per heavy atom. The largest absolute Gasteiger partial charge is 0.344 e. The molecule has 1 rings (SSSR count). The highest BCUT2D eigenvalue weighted by Gasteiger charge is 2.32. The zero-order valence-electron chi connectivity index (χ0n) is 14.3. The lowest BCUT2D eigenvalue weighted by Crippen LogP contribution is -2.44. The summed E-state index contributed by atoms with van der Waals surface area (Å²) in [6, 6.07) is 7.85. The van der Waals surface area contributed by atoms with Gasteiger partial charge >= 0.3 is 0 Å². The Labute approximate surface area is 132 Å². The minimum absolute atomic E-state index is 0.00490. The van der Waals surface area contributed by atoms with E-state index in [-0.39, 0.29) is 16.6 Å². The maximum absolute atomic E-state index is 12.4. The summed E-state index contributed by atoms with van der Waals surface area (Å²) in [5.74, 6) is 0.563. The molecule has 1 N–H and O–H groups in total. The molecule has 0 aliphatic heterocycles. The van der Waals surface area contributed by atoms with Gasteiger partial charge in [0.25, 0.3) is 5.91 Å². The van der Waals surface area contributed by atoms with Crippen molar-refractivity contribution in [3.8, 4) is 0 Å². The summed E-state index contributed by atoms with van der Waals surface area (Å²) in [6.07, 6.45) is 1.91. The average molecular weight is 307 g/mol. The Morgan fingerprint density at radius 1 is 1.19 bits per heavy atom. The van der Waals surface area contributed by atoms with Crippen molar-refractivity contribution in [1.29, 1.82) is 0 Å². The van der Waals surface area contributed by atoms with Crippen molar-refractivity contribution in [2.75, 3.05) is 0 Å². The molecule has 0 fully saturated rings. The quantitative estimate of drug-likeness (QED) is 0.762. The highest BCUT2D eigenvalue weighted by atomic mass is 31.0. The number of carbonyl (C=O) groups is 1. The van der Waals surface area contributed by atoms with Gasteiger partial charge in [-0.15, -0.1) is 9.24 Å². The van der Waals surface area contributed by atoms with Gasteiger partial charge < -0.3 is 5.32 Å². The third-order valence-corrected chi connectivity index (χ3v) is 4.76. The van der Waals surface area contributed by atoms with E-state index in [0.717, 1.165) is 18.4 Å². The van der Waals surface area contributed by atoms with E-state index >= 15 is 0 Å². The van der Waals surface area contributed by atoms with E-state index in [9.17, 15) is 4.79 Å². The van der Waals surface area contributed by atoms with E-state index in [4.69, 9.17) is 0 Å². The number of hydrogen-bond donors (Lipinski definition) is 1. The minimum Gasteiger partial charge on any atom is -0.344 e. The predicted octanol–water partition coefficient (Wildman–Crippen LogP) is 4.64. The molecule has 0 aliphatic rings. The van der Waals surface area contributed by atoms with Gasteiger partial charge in [-0.05, 0) is 48.8 Å². The number of rotatable bonds is 6. The maximum Gasteiger partial charge on any atom is 0.251 e. The number of nitrogens with one attached hydrogen (secondary N) is 1. The molecule has 1 amide bonds. The van der Waals surface area contributed by atoms with Crippen molar-refractivity contribution in [2.45, 2.75) is 59.7 Å². The van der Waals surface area contributed by atoms with Crippen LogP contribution in [0.25, 0.3) is 0 Å². The molecular formula is C18H30NOP. The molecule has 0 bridgehead atoms. The number of carbonyl (C=O) groups excluding carboxylic acids is 1. The number of benzene rings is 1. The molecule has 0 aliphatic carbocycles. The van der Waals surface area contributed by atoms with Gasteiger partial charge in [-0.25, -0.2) is 0 Å². The van der Waals surface area contributed by atoms with Crippen molar-refractivity contribution >= 4 is 15.1 Å². The van der Waals surface area contributed by atoms with Gasteiger partial charge in [0.05, 0.1) is 5.28 Å². The lowest BCUT2D eigenvalue weighted by molar-refractivity contribution is 0.0908. The topological polar surface area (TPSA) is 29.1 Å². The van der Waals surface area contributed by atoms with Crippen LogP contribution in [0.2, 0.25) is 0 Å². The van der Waals surface area contributed by atoms with Crippen LogP contribution in [0.5, 0.6) is 0 Å². The number of hydrogen-bond acceptors (Lipinski definition) is 1. The summed E-state index contributed by atoms with van der Waals surface area (Å²) < 4.78 is 0. The summed E-state index contributed by atoms with van der Waals surface area (Å²) in [4.78, 5) is 12.4. The highest BCUT2D eigenvalue weighted by molar-refractivity contribution is 7.18. The maximum atomic E-state index is 12.4. The molecule has 2 atom stereocenters. The van der Waals surface area contributed by atoms with Gasteiger partial charge in [0.15, 0.2) is 0 Å². The Hall–Kier alpha value is -0.880. The van der Waals surface area contributed by atoms with Crippen molar-refractivity contribution in [1.82, 2.24) is 5.32 Å². The first-order valence-electron chi connectivity index (χ1n) is 7.78. The lowest BCUT2D eigenvalue weighted by Gasteiger charge is -2.38. The predicted molar refractivity (Wildman–Crippen MR) is 94.6 cm³/mol. The van der Waals surface area contributed by atoms with E-state index in [2.05, 4.69) is 56.1 Å². The molecule has 118 valence electrons. The molecule has 21 heavy (non-hydrogen) atoms. The molecule has 0 spiro atoms. The highest BCUT2D eigenvalue weighted by Crippen LogP contribution is 2.37. The standard InChI is InChI=1S/C18H30NOP/c1-7-14-8-10-15(11-9-14)16(20)19-18(6,21)12-17(4,5)13(2)3/h8-11,13H,7,12,21H2,1-6H3,(H,19,20). The zero-order chi connectivity index (χ0) is 16.3. The fraction of sp³-hybridized carbons (Fsp3) is 0.611. The monoisotopic (exact) mass is 307 g/mol. The van der Waals surface area contributed by atoms with Crippen LogP contribution in [-0.2, 0) is 6.42 Å². The van der Waals surface area contributed by atoms with Crippen molar-refractivity contribution < 1.29 is 4.79 Å². The van der Waals surface area contributed by atoms with Gasteiger partial charge in [-0.2, -0.15) is 0 Å². The second-order valence-electron chi connectivity index (χ2n) is 7.24. The van der Waals surface area contributed by atoms with Crippen LogP contribution < -0.4 is 5.32 Å². The van der Waals surface area contributed by atoms with E-state index < -0.39 is 0 Å². The first-order chi connectivity index (χ1) is 9.57. The van der Waals surface area contributed by atoms with Crippen LogP contribution in [0.4, 0.5) is 0 Å². The molecule has 1 aromatic carbocycles. The Kier molecular flexibility index (Phi) is 5.99. The average Bonchev–Trinajstić information content (AvgIpc) is 2.36. The van der Waals surface area contributed by atoms with Crippen LogP contribution >= 0.6 is 9.24 Å². The molecule has 0 heterocycles. The molecular weight excluding hydrogens is 277 g/mol. The summed E-state index contributed by atoms with van der Waals surface area (Å²) in [7, 11) is 2.81. The van der Waals surface area contributed by atoms with Gasteiger partial charge in [0, 0.05) is 5.56 Å². The fourth-order valence-electron chi connectivity index (χ4n) is 2.42. The van der Waals surface area contributed by atoms with Crippen molar-refractivity contribution in [3.63, 3.8) is 0 Å². The summed E-state index contributed by atoms with van der Waals surface area (Å²) in [6.45, 7) is 13.1. The van der Waals surface area contributed by atoms with E-state index in [1.165, 1.54) is 5.56 Å². The van der Waals surface area contributed by atoms with Crippen molar-refractivity contribution in [2.24, 2.45) is 11.3 Å². The summed E-state index contributed by atoms with van der Waals surface area (Å²) in [5.41, 5.74) is 2.15. The zero-order valence-corrected chi connectivity index (χ0v) is 15.4. The molecule has 2 unspecified atom stereocenters. The first kappa shape index (κ1) is 18.2. The van der Waals surface area contributed by atoms with Gasteiger partial charge in [0.2, 0.25) is 0 Å². The van der Waals surface area contributed by atoms with E-state index in [0.29, 0.717) is 5.92 Å². The van der Waals surface area contributed by atoms with Crippen LogP contribution in [0, 0.1) is 11.3 Å². The SMILES string of the molecule is CCc1ccc(C(=O)NC(C)(P)CC(C)(C)C(C)C)cc1. The van der Waals surface area contributed by atoms with E-state index in [1.807, 2.05) is 24.3 Å². The van der Waals surface area contributed by atoms with Gasteiger partial charge in [-0.3, -0.25) is 4.79 Å². The summed E-state index contributed by atoms with van der Waals surface area (Å²) >= 11 is 0. The Balaban J connectivity index is 2.75. The third-order valence-electron chi connectivity index (χ3n) is 4.41. The smallest absolute Gasteiger partial charge is 0.251 e. The Morgan fingerprint density at radius 3 is 2.14 bits per heavy atom. The van der Waals surface area contributed by atoms with Gasteiger partial charge in [-0.1, -0.05) is 46.8 Å². The van der Waals surface area contributed by atoms with Crippen molar-refractivity contribution in [3.05, 3.63) is 35.4 Å². The first-order valence-corrected chi connectivity index (χ1v) is 8.35. The number of aryl methyl sites for hydroxylation is 1. The van der Waals surface area contributed by atoms with Gasteiger partial charge in [0.1, 0.15) is 0 Å². The lowest BCUT2D eigenvalue weighted by atomic mass is 9.76. The second-order valence-corrected chi connectivity index (χ2v) is 8.52. The molecule has 0 saturated carbocycles. The molecule has 0 radical (unpaired) electrons. The molecule has 1 aromatic rings. The molecule has 3 heteroatoms. The minimum atomic E-state index is -0.297. The van der Waals surface area contributed by atoms with Crippen LogP contribution in [0.1, 0.15) is 63.9 Å². The van der Waals surface area contributed by atoms with Crippen LogP contribution in [-0.4, -0.2) is 11.2 Å². The van der Waals surface area contributed by atoms with Crippen LogP contribution in [0.15, 0.2) is 24.3 Å². The normalized spacial score (nSPS) is 14.9. The second kappa shape index (κ2) is 6.92. The fourth-order valence-corrected chi connectivity index (χ4v) is 3.08. The molecule has 0 aromatic heterocycles. The molecule has 2 nitrogen and oxygen atoms in total. The van der Waals surface area contributed by atoms with Crippen LogP contribution in [0.3, 0.4) is 0 Å². The van der Waals surface area contributed by atoms with E-state index in [1.54, 1.807) is 0 Å². The number of amides is 1. The molecule has 0 saturated heterocycles. The summed E-state index contributed by atoms with van der Waals surface area (Å²) in [5, 5.41) is 2.85. The Bertz CT molecular complexity index is 474.